The Bertz CT molecular complexity index is 1320. The number of para-hydroxylation sites is 1. The molecule has 0 radical (unpaired) electrons. The molecule has 0 amide bonds. The molecule has 5 heteroatoms. The Labute approximate surface area is 160 Å². The number of aromatic amines is 1. The zero-order valence-electron chi connectivity index (χ0n) is 14.9. The number of nitrogens with one attached hydrogen (secondary N) is 1. The standard InChI is InChI=1S/C23H16N4O/c28-21-15-19(16-9-3-1-4-10-16)24-22(17-11-5-2-6-12-17)23(21)27-20-14-8-7-13-18(20)25-26-27/h1-15H,(H,24,28). The van der Waals surface area contributed by atoms with E-state index in [1.165, 1.54) is 0 Å². The molecule has 3 aromatic carbocycles. The molecule has 0 fully saturated rings. The highest BCUT2D eigenvalue weighted by Gasteiger charge is 2.17. The highest BCUT2D eigenvalue weighted by molar-refractivity contribution is 5.80. The Balaban J connectivity index is 1.83. The summed E-state index contributed by atoms with van der Waals surface area (Å²) in [6.07, 6.45) is 0. The minimum Gasteiger partial charge on any atom is -0.353 e. The van der Waals surface area contributed by atoms with Crippen molar-refractivity contribution in [1.82, 2.24) is 20.0 Å². The Morgan fingerprint density at radius 1 is 0.750 bits per heavy atom. The first kappa shape index (κ1) is 16.2. The summed E-state index contributed by atoms with van der Waals surface area (Å²) in [7, 11) is 0. The summed E-state index contributed by atoms with van der Waals surface area (Å²) in [5.41, 5.74) is 5.20. The van der Waals surface area contributed by atoms with Gasteiger partial charge in [-0.1, -0.05) is 78.0 Å². The smallest absolute Gasteiger partial charge is 0.208 e. The Kier molecular flexibility index (Phi) is 3.84. The van der Waals surface area contributed by atoms with Gasteiger partial charge in [0.1, 0.15) is 11.2 Å². The van der Waals surface area contributed by atoms with Gasteiger partial charge in [0.15, 0.2) is 0 Å². The predicted octanol–water partition coefficient (Wildman–Crippen LogP) is 4.44. The van der Waals surface area contributed by atoms with Crippen molar-refractivity contribution in [3.63, 3.8) is 0 Å². The first-order valence-electron chi connectivity index (χ1n) is 9.00. The molecule has 5 nitrogen and oxygen atoms in total. The number of hydrogen-bond acceptors (Lipinski definition) is 3. The van der Waals surface area contributed by atoms with E-state index in [2.05, 4.69) is 15.3 Å². The zero-order chi connectivity index (χ0) is 18.9. The molecule has 0 unspecified atom stereocenters. The number of aromatic nitrogens is 4. The molecule has 0 aliphatic rings. The molecule has 0 atom stereocenters. The Morgan fingerprint density at radius 2 is 1.39 bits per heavy atom. The van der Waals surface area contributed by atoms with E-state index in [0.29, 0.717) is 11.4 Å². The van der Waals surface area contributed by atoms with Gasteiger partial charge in [0.2, 0.25) is 5.43 Å². The monoisotopic (exact) mass is 364 g/mol. The largest absolute Gasteiger partial charge is 0.353 e. The molecule has 0 aliphatic heterocycles. The molecule has 0 saturated carbocycles. The molecule has 0 saturated heterocycles. The van der Waals surface area contributed by atoms with Crippen molar-refractivity contribution in [2.75, 3.05) is 0 Å². The maximum absolute atomic E-state index is 13.2. The molecule has 2 aromatic heterocycles. The molecule has 134 valence electrons. The number of H-pyrrole nitrogens is 1. The lowest BCUT2D eigenvalue weighted by Gasteiger charge is -2.13. The van der Waals surface area contributed by atoms with Crippen molar-refractivity contribution in [1.29, 1.82) is 0 Å². The highest BCUT2D eigenvalue weighted by atomic mass is 16.1. The quantitative estimate of drug-likeness (QED) is 0.515. The molecule has 28 heavy (non-hydrogen) atoms. The number of benzene rings is 3. The second-order valence-electron chi connectivity index (χ2n) is 6.49. The SMILES string of the molecule is O=c1cc(-c2ccccc2)[nH]c(-c2ccccc2)c1-n1nnc2ccccc21. The summed E-state index contributed by atoms with van der Waals surface area (Å²) in [5, 5.41) is 8.47. The molecule has 1 N–H and O–H groups in total. The number of pyridine rings is 1. The van der Waals surface area contributed by atoms with E-state index < -0.39 is 0 Å². The van der Waals surface area contributed by atoms with E-state index in [0.717, 1.165) is 27.9 Å². The van der Waals surface area contributed by atoms with Gasteiger partial charge in [-0.15, -0.1) is 5.10 Å². The average Bonchev–Trinajstić information content (AvgIpc) is 3.18. The lowest BCUT2D eigenvalue weighted by molar-refractivity contribution is 0.817. The Morgan fingerprint density at radius 3 is 2.14 bits per heavy atom. The molecular formula is C23H16N4O. The molecule has 5 rings (SSSR count). The molecule has 0 spiro atoms. The maximum atomic E-state index is 13.2. The fourth-order valence-electron chi connectivity index (χ4n) is 3.38. The van der Waals surface area contributed by atoms with E-state index >= 15 is 0 Å². The van der Waals surface area contributed by atoms with Crippen LogP contribution in [0.5, 0.6) is 0 Å². The van der Waals surface area contributed by atoms with E-state index in [9.17, 15) is 4.79 Å². The van der Waals surface area contributed by atoms with Crippen LogP contribution in [-0.2, 0) is 0 Å². The summed E-state index contributed by atoms with van der Waals surface area (Å²) in [6, 6.07) is 28.8. The van der Waals surface area contributed by atoms with Gasteiger partial charge in [-0.3, -0.25) is 4.79 Å². The van der Waals surface area contributed by atoms with Crippen molar-refractivity contribution >= 4 is 11.0 Å². The first-order chi connectivity index (χ1) is 13.8. The number of hydrogen-bond donors (Lipinski definition) is 1. The van der Waals surface area contributed by atoms with Crippen LogP contribution >= 0.6 is 0 Å². The van der Waals surface area contributed by atoms with Gasteiger partial charge in [-0.05, 0) is 17.7 Å². The summed E-state index contributed by atoms with van der Waals surface area (Å²) in [6.45, 7) is 0. The van der Waals surface area contributed by atoms with Crippen LogP contribution in [0.25, 0.3) is 39.2 Å². The van der Waals surface area contributed by atoms with Crippen molar-refractivity contribution in [3.05, 3.63) is 101 Å². The van der Waals surface area contributed by atoms with Crippen LogP contribution < -0.4 is 5.43 Å². The number of fused-ring (bicyclic) bond motifs is 1. The van der Waals surface area contributed by atoms with Crippen LogP contribution in [0.3, 0.4) is 0 Å². The number of rotatable bonds is 3. The third-order valence-corrected chi connectivity index (χ3v) is 4.72. The fourth-order valence-corrected chi connectivity index (χ4v) is 3.38. The minimum atomic E-state index is -0.118. The van der Waals surface area contributed by atoms with E-state index in [1.54, 1.807) is 10.7 Å². The van der Waals surface area contributed by atoms with Gasteiger partial charge in [0.05, 0.1) is 11.2 Å². The van der Waals surface area contributed by atoms with Gasteiger partial charge >= 0.3 is 0 Å². The van der Waals surface area contributed by atoms with Crippen molar-refractivity contribution < 1.29 is 0 Å². The van der Waals surface area contributed by atoms with Crippen LogP contribution in [0.15, 0.2) is 95.8 Å². The van der Waals surface area contributed by atoms with Gasteiger partial charge in [-0.2, -0.15) is 0 Å². The van der Waals surface area contributed by atoms with E-state index in [-0.39, 0.29) is 5.43 Å². The van der Waals surface area contributed by atoms with Gasteiger partial charge in [0.25, 0.3) is 0 Å². The van der Waals surface area contributed by atoms with Gasteiger partial charge < -0.3 is 4.98 Å². The Hall–Kier alpha value is -3.99. The summed E-state index contributed by atoms with van der Waals surface area (Å²) in [5.74, 6) is 0. The number of nitrogens with zero attached hydrogens (tertiary/aromatic N) is 3. The van der Waals surface area contributed by atoms with Gasteiger partial charge in [0, 0.05) is 17.3 Å². The zero-order valence-corrected chi connectivity index (χ0v) is 14.9. The second-order valence-corrected chi connectivity index (χ2v) is 6.49. The van der Waals surface area contributed by atoms with Crippen molar-refractivity contribution in [2.45, 2.75) is 0 Å². The topological polar surface area (TPSA) is 63.6 Å². The lowest BCUT2D eigenvalue weighted by atomic mass is 10.1. The third-order valence-electron chi connectivity index (χ3n) is 4.72. The molecule has 0 bridgehead atoms. The summed E-state index contributed by atoms with van der Waals surface area (Å²) < 4.78 is 1.62. The minimum absolute atomic E-state index is 0.118. The molecule has 2 heterocycles. The van der Waals surface area contributed by atoms with Crippen molar-refractivity contribution in [3.8, 4) is 28.2 Å². The second kappa shape index (κ2) is 6.63. The normalized spacial score (nSPS) is 11.0. The van der Waals surface area contributed by atoms with Crippen LogP contribution in [0.4, 0.5) is 0 Å². The van der Waals surface area contributed by atoms with Crippen LogP contribution in [0.2, 0.25) is 0 Å². The first-order valence-corrected chi connectivity index (χ1v) is 9.00. The fraction of sp³-hybridized carbons (Fsp3) is 0. The molecule has 0 aliphatic carbocycles. The van der Waals surface area contributed by atoms with Crippen LogP contribution in [-0.4, -0.2) is 20.0 Å². The summed E-state index contributed by atoms with van der Waals surface area (Å²) >= 11 is 0. The van der Waals surface area contributed by atoms with E-state index in [4.69, 9.17) is 0 Å². The third kappa shape index (κ3) is 2.70. The molecule has 5 aromatic rings. The van der Waals surface area contributed by atoms with Gasteiger partial charge in [-0.25, -0.2) is 4.68 Å². The highest BCUT2D eigenvalue weighted by Crippen LogP contribution is 2.27. The van der Waals surface area contributed by atoms with Crippen molar-refractivity contribution in [2.24, 2.45) is 0 Å². The lowest BCUT2D eigenvalue weighted by Crippen LogP contribution is -2.15. The molecular weight excluding hydrogens is 348 g/mol. The predicted molar refractivity (Wildman–Crippen MR) is 110 cm³/mol. The van der Waals surface area contributed by atoms with E-state index in [1.807, 2.05) is 84.9 Å². The summed E-state index contributed by atoms with van der Waals surface area (Å²) in [4.78, 5) is 16.7. The maximum Gasteiger partial charge on any atom is 0.208 e. The van der Waals surface area contributed by atoms with Crippen LogP contribution in [0.1, 0.15) is 0 Å². The van der Waals surface area contributed by atoms with Crippen LogP contribution in [0, 0.1) is 0 Å². The average molecular weight is 364 g/mol.